The lowest BCUT2D eigenvalue weighted by Crippen LogP contribution is -2.51. The van der Waals surface area contributed by atoms with E-state index in [0.29, 0.717) is 23.6 Å². The van der Waals surface area contributed by atoms with E-state index < -0.39 is 0 Å². The minimum absolute atomic E-state index is 0.0132. The summed E-state index contributed by atoms with van der Waals surface area (Å²) in [5, 5.41) is 4.04. The summed E-state index contributed by atoms with van der Waals surface area (Å²) in [7, 11) is 0. The first-order valence-electron chi connectivity index (χ1n) is 9.22. The van der Waals surface area contributed by atoms with Crippen LogP contribution in [0.15, 0.2) is 36.7 Å². The Labute approximate surface area is 157 Å². The van der Waals surface area contributed by atoms with Crippen LogP contribution in [0.5, 0.6) is 0 Å². The predicted molar refractivity (Wildman–Crippen MR) is 103 cm³/mol. The Balaban J connectivity index is 1.39. The molecule has 0 bridgehead atoms. The van der Waals surface area contributed by atoms with Gasteiger partial charge in [0.05, 0.1) is 0 Å². The topological polar surface area (TPSA) is 93.9 Å². The van der Waals surface area contributed by atoms with Crippen molar-refractivity contribution in [3.8, 4) is 0 Å². The Hall–Kier alpha value is -3.09. The highest BCUT2D eigenvalue weighted by atomic mass is 16.2. The van der Waals surface area contributed by atoms with Crippen LogP contribution in [0.3, 0.4) is 0 Å². The van der Waals surface area contributed by atoms with Gasteiger partial charge < -0.3 is 20.2 Å². The van der Waals surface area contributed by atoms with Crippen LogP contribution in [0.1, 0.15) is 46.3 Å². The number of amides is 2. The van der Waals surface area contributed by atoms with Gasteiger partial charge in [-0.15, -0.1) is 0 Å². The Morgan fingerprint density at radius 3 is 2.85 bits per heavy atom. The van der Waals surface area contributed by atoms with Gasteiger partial charge in [-0.25, -0.2) is 4.98 Å². The second kappa shape index (κ2) is 6.90. The molecule has 3 aromatic heterocycles. The number of hydrogen-bond acceptors (Lipinski definition) is 3. The van der Waals surface area contributed by atoms with E-state index in [4.69, 9.17) is 0 Å². The quantitative estimate of drug-likeness (QED) is 0.666. The first kappa shape index (κ1) is 17.3. The first-order chi connectivity index (χ1) is 13.0. The van der Waals surface area contributed by atoms with Crippen LogP contribution in [0, 0.1) is 6.92 Å². The molecule has 0 saturated carbocycles. The van der Waals surface area contributed by atoms with Gasteiger partial charge >= 0.3 is 0 Å². The number of aromatic amines is 2. The number of aromatic nitrogens is 3. The molecule has 1 aliphatic rings. The van der Waals surface area contributed by atoms with E-state index in [9.17, 15) is 9.59 Å². The molecule has 2 amide bonds. The van der Waals surface area contributed by atoms with E-state index in [1.54, 1.807) is 12.3 Å². The maximum Gasteiger partial charge on any atom is 0.270 e. The lowest BCUT2D eigenvalue weighted by atomic mass is 9.97. The molecule has 0 aromatic carbocycles. The summed E-state index contributed by atoms with van der Waals surface area (Å²) in [6.45, 7) is 4.60. The van der Waals surface area contributed by atoms with E-state index in [2.05, 4.69) is 20.3 Å². The normalized spacial score (nSPS) is 20.0. The number of fused-ring (bicyclic) bond motifs is 1. The van der Waals surface area contributed by atoms with Crippen molar-refractivity contribution in [2.45, 2.75) is 38.8 Å². The van der Waals surface area contributed by atoms with E-state index in [-0.39, 0.29) is 23.9 Å². The molecule has 3 aromatic rings. The standard InChI is InChI=1S/C20H23N5O2/c1-12-9-17(22-11-12)20(27)25-8-6-15(10-13(25)2)23-19(26)16-4-3-14-5-7-21-18(14)24-16/h3-5,7,9,11,13,15,22H,6,8,10H2,1-2H3,(H,21,24)(H,23,26)/t13-,15+/m1/s1. The number of aryl methyl sites for hydroxylation is 1. The lowest BCUT2D eigenvalue weighted by Gasteiger charge is -2.37. The number of H-pyrrole nitrogens is 2. The van der Waals surface area contributed by atoms with E-state index in [1.165, 1.54) is 0 Å². The van der Waals surface area contributed by atoms with Crippen molar-refractivity contribution >= 4 is 22.8 Å². The zero-order valence-electron chi connectivity index (χ0n) is 15.5. The minimum atomic E-state index is -0.177. The largest absolute Gasteiger partial charge is 0.357 e. The van der Waals surface area contributed by atoms with Gasteiger partial charge in [0.15, 0.2) is 0 Å². The fourth-order valence-corrected chi connectivity index (χ4v) is 3.70. The van der Waals surface area contributed by atoms with Crippen molar-refractivity contribution in [2.75, 3.05) is 6.54 Å². The molecule has 2 atom stereocenters. The number of rotatable bonds is 3. The van der Waals surface area contributed by atoms with Gasteiger partial charge in [0.25, 0.3) is 11.8 Å². The summed E-state index contributed by atoms with van der Waals surface area (Å²) in [6, 6.07) is 7.49. The van der Waals surface area contributed by atoms with Crippen molar-refractivity contribution in [2.24, 2.45) is 0 Å². The van der Waals surface area contributed by atoms with Crippen LogP contribution in [0.4, 0.5) is 0 Å². The van der Waals surface area contributed by atoms with Gasteiger partial charge in [-0.2, -0.15) is 0 Å². The highest BCUT2D eigenvalue weighted by molar-refractivity contribution is 5.95. The molecule has 0 aliphatic carbocycles. The van der Waals surface area contributed by atoms with Gasteiger partial charge in [0, 0.05) is 36.4 Å². The van der Waals surface area contributed by atoms with Gasteiger partial charge in [-0.1, -0.05) is 0 Å². The smallest absolute Gasteiger partial charge is 0.270 e. The number of piperidine rings is 1. The van der Waals surface area contributed by atoms with Gasteiger partial charge in [-0.3, -0.25) is 9.59 Å². The Kier molecular flexibility index (Phi) is 4.43. The lowest BCUT2D eigenvalue weighted by molar-refractivity contribution is 0.0590. The van der Waals surface area contributed by atoms with Crippen molar-refractivity contribution in [1.29, 1.82) is 0 Å². The molecule has 7 heteroatoms. The van der Waals surface area contributed by atoms with Crippen molar-refractivity contribution in [3.05, 3.63) is 53.6 Å². The number of carbonyl (C=O) groups excluding carboxylic acids is 2. The van der Waals surface area contributed by atoms with Crippen LogP contribution in [-0.4, -0.2) is 50.3 Å². The third-order valence-corrected chi connectivity index (χ3v) is 5.17. The van der Waals surface area contributed by atoms with E-state index in [1.807, 2.05) is 43.1 Å². The molecular weight excluding hydrogens is 342 g/mol. The van der Waals surface area contributed by atoms with E-state index in [0.717, 1.165) is 23.8 Å². The zero-order valence-corrected chi connectivity index (χ0v) is 15.5. The average Bonchev–Trinajstić information content (AvgIpc) is 3.29. The average molecular weight is 365 g/mol. The molecule has 140 valence electrons. The summed E-state index contributed by atoms with van der Waals surface area (Å²) in [6.07, 6.45) is 5.09. The third kappa shape index (κ3) is 3.45. The summed E-state index contributed by atoms with van der Waals surface area (Å²) >= 11 is 0. The minimum Gasteiger partial charge on any atom is -0.357 e. The highest BCUT2D eigenvalue weighted by Gasteiger charge is 2.30. The second-order valence-electron chi connectivity index (χ2n) is 7.25. The number of nitrogens with one attached hydrogen (secondary N) is 3. The van der Waals surface area contributed by atoms with Crippen LogP contribution in [0.25, 0.3) is 11.0 Å². The Morgan fingerprint density at radius 2 is 2.11 bits per heavy atom. The molecule has 4 heterocycles. The van der Waals surface area contributed by atoms with Gasteiger partial charge in [-0.05, 0) is 56.5 Å². The molecule has 1 saturated heterocycles. The number of hydrogen-bond donors (Lipinski definition) is 3. The molecule has 7 nitrogen and oxygen atoms in total. The van der Waals surface area contributed by atoms with Crippen molar-refractivity contribution < 1.29 is 9.59 Å². The first-order valence-corrected chi connectivity index (χ1v) is 9.22. The van der Waals surface area contributed by atoms with Crippen LogP contribution in [0.2, 0.25) is 0 Å². The molecule has 4 rings (SSSR count). The van der Waals surface area contributed by atoms with Crippen LogP contribution >= 0.6 is 0 Å². The number of nitrogens with zero attached hydrogens (tertiary/aromatic N) is 2. The predicted octanol–water partition coefficient (Wildman–Crippen LogP) is 2.62. The molecule has 1 fully saturated rings. The number of likely N-dealkylation sites (tertiary alicyclic amines) is 1. The number of pyridine rings is 1. The zero-order chi connectivity index (χ0) is 19.0. The van der Waals surface area contributed by atoms with E-state index >= 15 is 0 Å². The monoisotopic (exact) mass is 365 g/mol. The maximum atomic E-state index is 12.7. The fourth-order valence-electron chi connectivity index (χ4n) is 3.70. The molecule has 3 N–H and O–H groups in total. The SMILES string of the molecule is Cc1c[nH]c(C(=O)N2CC[C@H](NC(=O)c3ccc4cc[nH]c4n3)C[C@H]2C)c1. The van der Waals surface area contributed by atoms with Crippen molar-refractivity contribution in [1.82, 2.24) is 25.2 Å². The summed E-state index contributed by atoms with van der Waals surface area (Å²) in [5.74, 6) is -0.164. The summed E-state index contributed by atoms with van der Waals surface area (Å²) in [5.41, 5.74) is 2.76. The molecular formula is C20H23N5O2. The third-order valence-electron chi connectivity index (χ3n) is 5.17. The molecule has 27 heavy (non-hydrogen) atoms. The second-order valence-corrected chi connectivity index (χ2v) is 7.25. The maximum absolute atomic E-state index is 12.7. The molecule has 1 aliphatic heterocycles. The van der Waals surface area contributed by atoms with Crippen LogP contribution in [-0.2, 0) is 0 Å². The van der Waals surface area contributed by atoms with Gasteiger partial charge in [0.1, 0.15) is 17.0 Å². The number of carbonyl (C=O) groups is 2. The highest BCUT2D eigenvalue weighted by Crippen LogP contribution is 2.20. The Bertz CT molecular complexity index is 989. The molecule has 0 spiro atoms. The van der Waals surface area contributed by atoms with Crippen LogP contribution < -0.4 is 5.32 Å². The van der Waals surface area contributed by atoms with Gasteiger partial charge in [0.2, 0.25) is 0 Å². The summed E-state index contributed by atoms with van der Waals surface area (Å²) < 4.78 is 0. The van der Waals surface area contributed by atoms with Crippen molar-refractivity contribution in [3.63, 3.8) is 0 Å². The Morgan fingerprint density at radius 1 is 1.26 bits per heavy atom. The summed E-state index contributed by atoms with van der Waals surface area (Å²) in [4.78, 5) is 37.5. The molecule has 0 unspecified atom stereocenters. The molecule has 0 radical (unpaired) electrons. The fraction of sp³-hybridized carbons (Fsp3) is 0.350.